The molecule has 0 aliphatic rings. The minimum Gasteiger partial charge on any atom is -0.481 e. The summed E-state index contributed by atoms with van der Waals surface area (Å²) in [6.07, 6.45) is 0.179. The Balaban J connectivity index is 0.000000266. The van der Waals surface area contributed by atoms with E-state index in [-0.39, 0.29) is 24.3 Å². The van der Waals surface area contributed by atoms with Crippen molar-refractivity contribution in [3.63, 3.8) is 0 Å². The summed E-state index contributed by atoms with van der Waals surface area (Å²) in [5.74, 6) is -1.85. The number of aromatic nitrogens is 4. The van der Waals surface area contributed by atoms with Gasteiger partial charge in [0.25, 0.3) is 11.5 Å². The van der Waals surface area contributed by atoms with E-state index >= 15 is 0 Å². The molecule has 0 aliphatic carbocycles. The number of carbonyl (C=O) groups excluding carboxylic acids is 1. The van der Waals surface area contributed by atoms with E-state index in [1.165, 1.54) is 11.3 Å². The number of aromatic amines is 1. The Hall–Kier alpha value is -5.54. The average Bonchev–Trinajstić information content (AvgIpc) is 3.55. The first-order valence-electron chi connectivity index (χ1n) is 15.0. The number of hydrogen-bond donors (Lipinski definition) is 6. The molecule has 0 aliphatic heterocycles. The lowest BCUT2D eigenvalue weighted by atomic mass is 10.0. The first-order valence-corrected chi connectivity index (χ1v) is 16.2. The number of fused-ring (bicyclic) bond motifs is 1. The predicted molar refractivity (Wildman–Crippen MR) is 190 cm³/mol. The average molecular weight is 707 g/mol. The first kappa shape index (κ1) is 36.3. The number of nitrogen functional groups attached to an aromatic ring is 2. The summed E-state index contributed by atoms with van der Waals surface area (Å²) in [6, 6.07) is 14.9. The lowest BCUT2D eigenvalue weighted by Crippen LogP contribution is -2.40. The third-order valence-corrected chi connectivity index (χ3v) is 8.70. The van der Waals surface area contributed by atoms with Gasteiger partial charge in [0.2, 0.25) is 5.95 Å². The molecule has 5 aromatic rings. The fraction of sp³-hybridized carbons (Fsp3) is 0.242. The number of H-pyrrole nitrogens is 1. The lowest BCUT2D eigenvalue weighted by Gasteiger charge is -2.17. The molecule has 0 fully saturated rings. The third-order valence-electron chi connectivity index (χ3n) is 7.25. The number of nitrogens with zero attached hydrogens (tertiary/aromatic N) is 4. The van der Waals surface area contributed by atoms with Gasteiger partial charge in [-0.25, -0.2) is 14.8 Å². The van der Waals surface area contributed by atoms with Crippen LogP contribution >= 0.6 is 22.9 Å². The lowest BCUT2D eigenvalue weighted by molar-refractivity contribution is -0.140. The second-order valence-electron chi connectivity index (χ2n) is 10.9. The van der Waals surface area contributed by atoms with E-state index < -0.39 is 23.9 Å². The van der Waals surface area contributed by atoms with Crippen LogP contribution in [0.4, 0.5) is 16.8 Å². The monoisotopic (exact) mass is 706 g/mol. The summed E-state index contributed by atoms with van der Waals surface area (Å²) in [5.41, 5.74) is 15.4. The highest BCUT2D eigenvalue weighted by molar-refractivity contribution is 7.18. The minimum absolute atomic E-state index is 0.204. The van der Waals surface area contributed by atoms with Gasteiger partial charge >= 0.3 is 11.9 Å². The summed E-state index contributed by atoms with van der Waals surface area (Å²) in [4.78, 5) is 64.0. The van der Waals surface area contributed by atoms with Gasteiger partial charge in [-0.05, 0) is 67.3 Å². The van der Waals surface area contributed by atoms with Crippen molar-refractivity contribution in [1.82, 2.24) is 25.3 Å². The number of rotatable bonds is 11. The number of carbonyl (C=O) groups is 3. The van der Waals surface area contributed by atoms with E-state index in [1.54, 1.807) is 31.2 Å². The highest BCUT2D eigenvalue weighted by atomic mass is 35.5. The van der Waals surface area contributed by atoms with Crippen LogP contribution in [0.3, 0.4) is 0 Å². The number of carboxylic acids is 2. The number of benzene rings is 2. The molecule has 3 aromatic heterocycles. The number of amides is 1. The third kappa shape index (κ3) is 9.52. The molecule has 0 saturated heterocycles. The maximum Gasteiger partial charge on any atom is 0.326 e. The molecule has 0 unspecified atom stereocenters. The molecule has 16 heteroatoms. The van der Waals surface area contributed by atoms with Crippen molar-refractivity contribution >= 4 is 68.5 Å². The van der Waals surface area contributed by atoms with Gasteiger partial charge in [-0.2, -0.15) is 4.98 Å². The van der Waals surface area contributed by atoms with Crippen LogP contribution < -0.4 is 27.2 Å². The van der Waals surface area contributed by atoms with Gasteiger partial charge in [0.05, 0.1) is 26.5 Å². The van der Waals surface area contributed by atoms with Crippen molar-refractivity contribution in [2.45, 2.75) is 45.7 Å². The molecule has 8 N–H and O–H groups in total. The Bertz CT molecular complexity index is 2050. The number of anilines is 3. The van der Waals surface area contributed by atoms with E-state index in [2.05, 4.69) is 25.3 Å². The molecule has 0 radical (unpaired) electrons. The molecule has 0 spiro atoms. The van der Waals surface area contributed by atoms with Crippen molar-refractivity contribution in [3.05, 3.63) is 91.9 Å². The van der Waals surface area contributed by atoms with E-state index in [4.69, 9.17) is 28.2 Å². The smallest absolute Gasteiger partial charge is 0.326 e. The topological polar surface area (TPSA) is 231 Å². The zero-order valence-corrected chi connectivity index (χ0v) is 28.4. The number of aliphatic carboxylic acids is 2. The maximum atomic E-state index is 12.4. The second-order valence-corrected chi connectivity index (χ2v) is 12.4. The number of thiophene rings is 1. The summed E-state index contributed by atoms with van der Waals surface area (Å²) >= 11 is 7.03. The molecule has 0 bridgehead atoms. The fourth-order valence-electron chi connectivity index (χ4n) is 4.90. The van der Waals surface area contributed by atoms with Crippen LogP contribution in [0.2, 0.25) is 5.02 Å². The van der Waals surface area contributed by atoms with Crippen LogP contribution in [0, 0.1) is 6.92 Å². The number of nitrogens with two attached hydrogens (primary N) is 2. The molecule has 2 aromatic carbocycles. The summed E-state index contributed by atoms with van der Waals surface area (Å²) in [7, 11) is 1.84. The zero-order chi connectivity index (χ0) is 35.8. The Labute approximate surface area is 289 Å². The molecular weight excluding hydrogens is 672 g/mol. The van der Waals surface area contributed by atoms with Gasteiger partial charge in [-0.1, -0.05) is 36.7 Å². The number of halogens is 1. The van der Waals surface area contributed by atoms with Gasteiger partial charge in [-0.15, -0.1) is 11.3 Å². The van der Waals surface area contributed by atoms with Gasteiger partial charge in [0.1, 0.15) is 17.7 Å². The van der Waals surface area contributed by atoms with Crippen molar-refractivity contribution in [3.8, 4) is 11.1 Å². The molecule has 5 rings (SSSR count). The van der Waals surface area contributed by atoms with Crippen LogP contribution in [0.5, 0.6) is 0 Å². The number of aryl methyl sites for hydroxylation is 2. The standard InChI is InChI=1S/C21H22N4O6S.C12H13ClN4/c1-11-22-14-4-3-12(9-13(14)19(28)23-11)10-25(2)17-7-6-16(32-17)20(29)24-15(21(30)31)5-8-18(26)27;1-2-9-10(11(14)17-12(15)16-9)7-3-5-8(13)6-4-7/h3-4,6-7,9,15H,5,8,10H2,1-2H3,(H,24,29)(H,26,27)(H,30,31)(H,22,23,28);3-6H,2H2,1H3,(H4,14,15,16,17)/t15-;/m0./s1. The van der Waals surface area contributed by atoms with Crippen molar-refractivity contribution in [2.24, 2.45) is 0 Å². The highest BCUT2D eigenvalue weighted by Gasteiger charge is 2.23. The van der Waals surface area contributed by atoms with Crippen LogP contribution in [-0.2, 0) is 22.6 Å². The Kier molecular flexibility index (Phi) is 11.9. The van der Waals surface area contributed by atoms with Gasteiger partial charge in [-0.3, -0.25) is 14.4 Å². The SMILES string of the molecule is CCc1nc(N)nc(N)c1-c1ccc(Cl)cc1.Cc1nc2ccc(CN(C)c3ccc(C(=O)N[C@@H](CCC(=O)O)C(=O)O)s3)cc2c(=O)[nH]1. The van der Waals surface area contributed by atoms with E-state index in [0.29, 0.717) is 39.0 Å². The molecular formula is C33H35ClN8O6S. The molecule has 256 valence electrons. The number of nitrogens with one attached hydrogen (secondary N) is 2. The summed E-state index contributed by atoms with van der Waals surface area (Å²) < 4.78 is 0. The van der Waals surface area contributed by atoms with Crippen LogP contribution in [0.15, 0.2) is 59.4 Å². The second kappa shape index (κ2) is 16.0. The zero-order valence-electron chi connectivity index (χ0n) is 26.9. The van der Waals surface area contributed by atoms with E-state index in [9.17, 15) is 24.3 Å². The van der Waals surface area contributed by atoms with Crippen molar-refractivity contribution < 1.29 is 24.6 Å². The van der Waals surface area contributed by atoms with Gasteiger partial charge < -0.3 is 36.9 Å². The molecule has 3 heterocycles. The largest absolute Gasteiger partial charge is 0.481 e. The predicted octanol–water partition coefficient (Wildman–Crippen LogP) is 4.50. The summed E-state index contributed by atoms with van der Waals surface area (Å²) in [6.45, 7) is 4.19. The number of hydrogen-bond acceptors (Lipinski definition) is 11. The van der Waals surface area contributed by atoms with Crippen LogP contribution in [0.1, 0.15) is 46.5 Å². The van der Waals surface area contributed by atoms with E-state index in [0.717, 1.165) is 33.8 Å². The fourth-order valence-corrected chi connectivity index (χ4v) is 5.89. The van der Waals surface area contributed by atoms with Crippen LogP contribution in [0.25, 0.3) is 22.0 Å². The molecule has 49 heavy (non-hydrogen) atoms. The first-order chi connectivity index (χ1) is 23.2. The Morgan fingerprint density at radius 2 is 1.76 bits per heavy atom. The maximum absolute atomic E-state index is 12.4. The van der Waals surface area contributed by atoms with Crippen molar-refractivity contribution in [1.29, 1.82) is 0 Å². The molecule has 14 nitrogen and oxygen atoms in total. The van der Waals surface area contributed by atoms with E-state index in [1.807, 2.05) is 49.2 Å². The minimum atomic E-state index is -1.29. The van der Waals surface area contributed by atoms with Crippen molar-refractivity contribution in [2.75, 3.05) is 23.4 Å². The van der Waals surface area contributed by atoms with Crippen LogP contribution in [-0.4, -0.2) is 61.1 Å². The molecule has 0 saturated carbocycles. The molecule has 1 atom stereocenters. The van der Waals surface area contributed by atoms with Gasteiger partial charge in [0, 0.05) is 30.6 Å². The number of carboxylic acid groups (broad SMARTS) is 2. The normalized spacial score (nSPS) is 11.3. The summed E-state index contributed by atoms with van der Waals surface area (Å²) in [5, 5.41) is 22.3. The Morgan fingerprint density at radius 3 is 2.41 bits per heavy atom. The molecule has 1 amide bonds. The van der Waals surface area contributed by atoms with Gasteiger partial charge in [0.15, 0.2) is 0 Å². The Morgan fingerprint density at radius 1 is 1.04 bits per heavy atom. The quantitative estimate of drug-likeness (QED) is 0.111. The highest BCUT2D eigenvalue weighted by Crippen LogP contribution is 2.30.